The normalized spacial score (nSPS) is 26.8. The van der Waals surface area contributed by atoms with Gasteiger partial charge in [0.2, 0.25) is 5.91 Å². The Bertz CT molecular complexity index is 488. The van der Waals surface area contributed by atoms with Crippen molar-refractivity contribution < 1.29 is 20.1 Å². The molecule has 6 heteroatoms. The van der Waals surface area contributed by atoms with Gasteiger partial charge in [0.15, 0.2) is 0 Å². The molecule has 0 spiro atoms. The van der Waals surface area contributed by atoms with E-state index in [-0.39, 0.29) is 36.6 Å². The van der Waals surface area contributed by atoms with E-state index >= 15 is 0 Å². The van der Waals surface area contributed by atoms with Crippen LogP contribution in [0.4, 0.5) is 0 Å². The summed E-state index contributed by atoms with van der Waals surface area (Å²) in [5.74, 6) is 0.284. The van der Waals surface area contributed by atoms with E-state index in [0.29, 0.717) is 12.5 Å². The summed E-state index contributed by atoms with van der Waals surface area (Å²) in [6.07, 6.45) is 10.2. The van der Waals surface area contributed by atoms with E-state index in [1.165, 1.54) is 19.3 Å². The molecule has 0 aromatic heterocycles. The van der Waals surface area contributed by atoms with Crippen molar-refractivity contribution in [2.45, 2.75) is 109 Å². The minimum atomic E-state index is -0.551. The third-order valence-corrected chi connectivity index (χ3v) is 6.73. The fourth-order valence-electron chi connectivity index (χ4n) is 5.02. The number of carbonyl (C=O) groups is 1. The highest BCUT2D eigenvalue weighted by molar-refractivity contribution is 5.81. The summed E-state index contributed by atoms with van der Waals surface area (Å²) in [5.41, 5.74) is -0.327. The maximum absolute atomic E-state index is 13.0. The van der Waals surface area contributed by atoms with Gasteiger partial charge in [0, 0.05) is 24.0 Å². The smallest absolute Gasteiger partial charge is 0.228 e. The summed E-state index contributed by atoms with van der Waals surface area (Å²) in [6, 6.07) is 0.115. The monoisotopic (exact) mass is 412 g/mol. The number of carbonyl (C=O) groups excluding carboxylic acids is 1. The van der Waals surface area contributed by atoms with Crippen LogP contribution in [0.2, 0.25) is 0 Å². The first-order valence-corrected chi connectivity index (χ1v) is 11.8. The molecule has 1 amide bonds. The summed E-state index contributed by atoms with van der Waals surface area (Å²) in [7, 11) is 0. The SMILES string of the molecule is CC(C)(C)C(=O)N(CCCCCCN1[C@H](CO)C[C@H](O)[C@H]1CO)C1CCCCC1. The molecule has 6 nitrogen and oxygen atoms in total. The minimum Gasteiger partial charge on any atom is -0.395 e. The fraction of sp³-hybridized carbons (Fsp3) is 0.957. The number of rotatable bonds is 10. The number of aliphatic hydroxyl groups excluding tert-OH is 3. The van der Waals surface area contributed by atoms with Crippen LogP contribution >= 0.6 is 0 Å². The van der Waals surface area contributed by atoms with Crippen LogP contribution in [0.15, 0.2) is 0 Å². The second kappa shape index (κ2) is 11.6. The summed E-state index contributed by atoms with van der Waals surface area (Å²) >= 11 is 0. The molecule has 3 atom stereocenters. The first-order chi connectivity index (χ1) is 13.8. The molecule has 170 valence electrons. The van der Waals surface area contributed by atoms with Crippen molar-refractivity contribution in [2.75, 3.05) is 26.3 Å². The van der Waals surface area contributed by atoms with Gasteiger partial charge in [0.25, 0.3) is 0 Å². The van der Waals surface area contributed by atoms with Crippen molar-refractivity contribution in [1.29, 1.82) is 0 Å². The number of likely N-dealkylation sites (tertiary alicyclic amines) is 1. The van der Waals surface area contributed by atoms with E-state index in [2.05, 4.69) is 9.80 Å². The number of amides is 1. The highest BCUT2D eigenvalue weighted by Gasteiger charge is 2.39. The predicted molar refractivity (Wildman–Crippen MR) is 116 cm³/mol. The van der Waals surface area contributed by atoms with E-state index < -0.39 is 6.10 Å². The molecule has 0 aromatic rings. The van der Waals surface area contributed by atoms with Crippen LogP contribution in [-0.2, 0) is 4.79 Å². The van der Waals surface area contributed by atoms with E-state index in [9.17, 15) is 20.1 Å². The molecular formula is C23H44N2O4. The Labute approximate surface area is 177 Å². The highest BCUT2D eigenvalue weighted by Crippen LogP contribution is 2.28. The molecule has 0 aromatic carbocycles. The van der Waals surface area contributed by atoms with Crippen LogP contribution in [0, 0.1) is 5.41 Å². The third-order valence-electron chi connectivity index (χ3n) is 6.73. The fourth-order valence-corrected chi connectivity index (χ4v) is 5.02. The lowest BCUT2D eigenvalue weighted by Crippen LogP contribution is -2.47. The lowest BCUT2D eigenvalue weighted by atomic mass is 9.89. The van der Waals surface area contributed by atoms with Crippen molar-refractivity contribution in [3.05, 3.63) is 0 Å². The third kappa shape index (κ3) is 6.91. The van der Waals surface area contributed by atoms with Gasteiger partial charge < -0.3 is 20.2 Å². The lowest BCUT2D eigenvalue weighted by Gasteiger charge is -2.38. The Balaban J connectivity index is 1.75. The molecule has 1 aliphatic heterocycles. The van der Waals surface area contributed by atoms with Crippen molar-refractivity contribution >= 4 is 5.91 Å². The Hall–Kier alpha value is -0.690. The quantitative estimate of drug-likeness (QED) is 0.480. The second-order valence-corrected chi connectivity index (χ2v) is 10.1. The van der Waals surface area contributed by atoms with E-state index in [1.54, 1.807) is 0 Å². The molecule has 0 unspecified atom stereocenters. The average Bonchev–Trinajstić information content (AvgIpc) is 3.01. The van der Waals surface area contributed by atoms with Crippen LogP contribution in [0.3, 0.4) is 0 Å². The first kappa shape index (κ1) is 24.6. The number of unbranched alkanes of at least 4 members (excludes halogenated alkanes) is 3. The van der Waals surface area contributed by atoms with Gasteiger partial charge >= 0.3 is 0 Å². The maximum atomic E-state index is 13.0. The van der Waals surface area contributed by atoms with Crippen LogP contribution in [0.1, 0.15) is 85.0 Å². The van der Waals surface area contributed by atoms with Gasteiger partial charge in [-0.15, -0.1) is 0 Å². The van der Waals surface area contributed by atoms with Gasteiger partial charge in [-0.1, -0.05) is 52.9 Å². The standard InChI is InChI=1S/C23H44N2O4/c1-23(2,3)22(29)25(18-11-7-6-8-12-18)14-10-5-4-9-13-24-19(16-26)15-21(28)20(24)17-27/h18-21,26-28H,4-17H2,1-3H3/t19-,20+,21-/m0/s1. The van der Waals surface area contributed by atoms with Gasteiger partial charge in [0.1, 0.15) is 0 Å². The van der Waals surface area contributed by atoms with E-state index in [4.69, 9.17) is 0 Å². The number of hydrogen-bond acceptors (Lipinski definition) is 5. The van der Waals surface area contributed by atoms with Gasteiger partial charge in [0.05, 0.1) is 25.4 Å². The van der Waals surface area contributed by atoms with E-state index in [1.807, 2.05) is 20.8 Å². The summed E-state index contributed by atoms with van der Waals surface area (Å²) in [5, 5.41) is 29.1. The second-order valence-electron chi connectivity index (χ2n) is 10.1. The van der Waals surface area contributed by atoms with E-state index in [0.717, 1.165) is 51.6 Å². The topological polar surface area (TPSA) is 84.2 Å². The maximum Gasteiger partial charge on any atom is 0.228 e. The zero-order chi connectivity index (χ0) is 21.4. The Morgan fingerprint density at radius 1 is 1.00 bits per heavy atom. The van der Waals surface area contributed by atoms with Crippen molar-refractivity contribution in [1.82, 2.24) is 9.80 Å². The molecule has 2 rings (SSSR count). The molecule has 1 heterocycles. The zero-order valence-electron chi connectivity index (χ0n) is 18.9. The number of aliphatic hydroxyl groups is 3. The molecular weight excluding hydrogens is 368 g/mol. The molecule has 29 heavy (non-hydrogen) atoms. The highest BCUT2D eigenvalue weighted by atomic mass is 16.3. The largest absolute Gasteiger partial charge is 0.395 e. The molecule has 1 aliphatic carbocycles. The van der Waals surface area contributed by atoms with Gasteiger partial charge in [-0.25, -0.2) is 0 Å². The van der Waals surface area contributed by atoms with Crippen molar-refractivity contribution in [2.24, 2.45) is 5.41 Å². The minimum absolute atomic E-state index is 0.0266. The van der Waals surface area contributed by atoms with Crippen molar-refractivity contribution in [3.8, 4) is 0 Å². The Morgan fingerprint density at radius 2 is 1.66 bits per heavy atom. The molecule has 2 aliphatic rings. The molecule has 2 fully saturated rings. The Morgan fingerprint density at radius 3 is 2.24 bits per heavy atom. The Kier molecular flexibility index (Phi) is 9.86. The van der Waals surface area contributed by atoms with Crippen LogP contribution in [0.5, 0.6) is 0 Å². The number of nitrogens with zero attached hydrogens (tertiary/aromatic N) is 2. The predicted octanol–water partition coefficient (Wildman–Crippen LogP) is 2.54. The van der Waals surface area contributed by atoms with Crippen LogP contribution in [0.25, 0.3) is 0 Å². The first-order valence-electron chi connectivity index (χ1n) is 11.8. The zero-order valence-corrected chi connectivity index (χ0v) is 18.9. The molecule has 3 N–H and O–H groups in total. The molecule has 1 saturated heterocycles. The van der Waals surface area contributed by atoms with Crippen LogP contribution in [-0.4, -0.2) is 81.6 Å². The molecule has 0 bridgehead atoms. The molecule has 1 saturated carbocycles. The summed E-state index contributed by atoms with van der Waals surface area (Å²) in [4.78, 5) is 17.2. The average molecular weight is 413 g/mol. The van der Waals surface area contributed by atoms with Crippen LogP contribution < -0.4 is 0 Å². The van der Waals surface area contributed by atoms with Gasteiger partial charge in [-0.2, -0.15) is 0 Å². The summed E-state index contributed by atoms with van der Waals surface area (Å²) < 4.78 is 0. The van der Waals surface area contributed by atoms with Crippen molar-refractivity contribution in [3.63, 3.8) is 0 Å². The van der Waals surface area contributed by atoms with Gasteiger partial charge in [-0.3, -0.25) is 9.69 Å². The summed E-state index contributed by atoms with van der Waals surface area (Å²) in [6.45, 7) is 7.66. The van der Waals surface area contributed by atoms with Gasteiger partial charge in [-0.05, 0) is 38.6 Å². The number of hydrogen-bond donors (Lipinski definition) is 3. The lowest BCUT2D eigenvalue weighted by molar-refractivity contribution is -0.142. The molecule has 0 radical (unpaired) electrons.